The average Bonchev–Trinajstić information content (AvgIpc) is 2.45. The Morgan fingerprint density at radius 1 is 0.680 bits per heavy atom. The maximum Gasteiger partial charge on any atom is 0.213 e. The Balaban J connectivity index is 2.80. The summed E-state index contributed by atoms with van der Waals surface area (Å²) >= 11 is 0. The van der Waals surface area contributed by atoms with E-state index in [0.29, 0.717) is 12.1 Å². The number of phenolic OH excluding ortho intramolecular Hbond substituents is 4. The summed E-state index contributed by atoms with van der Waals surface area (Å²) in [6, 6.07) is 2.91. The SMILES string of the molecule is CC(=O)c1cc(S(=O)(=O)c2cc(C(C)=O)c(O)cc2O)c(O)cc1O. The molecule has 9 heteroatoms. The Kier molecular flexibility index (Phi) is 4.46. The van der Waals surface area contributed by atoms with E-state index in [0.717, 1.165) is 26.0 Å². The smallest absolute Gasteiger partial charge is 0.213 e. The molecule has 0 amide bonds. The second-order valence-electron chi connectivity index (χ2n) is 5.29. The fraction of sp³-hybridized carbons (Fsp3) is 0.125. The van der Waals surface area contributed by atoms with Gasteiger partial charge in [-0.15, -0.1) is 0 Å². The number of aromatic hydroxyl groups is 4. The van der Waals surface area contributed by atoms with Crippen LogP contribution in [0.1, 0.15) is 34.6 Å². The van der Waals surface area contributed by atoms with Crippen molar-refractivity contribution in [3.63, 3.8) is 0 Å². The molecule has 0 aliphatic rings. The summed E-state index contributed by atoms with van der Waals surface area (Å²) in [7, 11) is -4.57. The average molecular weight is 366 g/mol. The highest BCUT2D eigenvalue weighted by atomic mass is 32.2. The Morgan fingerprint density at radius 2 is 1.00 bits per heavy atom. The van der Waals surface area contributed by atoms with Gasteiger partial charge in [0.1, 0.15) is 32.8 Å². The van der Waals surface area contributed by atoms with Gasteiger partial charge in [-0.2, -0.15) is 0 Å². The van der Waals surface area contributed by atoms with Crippen LogP contribution in [0.5, 0.6) is 23.0 Å². The number of phenols is 4. The molecule has 25 heavy (non-hydrogen) atoms. The number of rotatable bonds is 4. The van der Waals surface area contributed by atoms with Gasteiger partial charge in [-0.3, -0.25) is 9.59 Å². The third-order valence-electron chi connectivity index (χ3n) is 3.49. The summed E-state index contributed by atoms with van der Waals surface area (Å²) in [5.74, 6) is -4.20. The molecule has 8 nitrogen and oxygen atoms in total. The van der Waals surface area contributed by atoms with Gasteiger partial charge < -0.3 is 20.4 Å². The third kappa shape index (κ3) is 3.13. The molecule has 0 heterocycles. The highest BCUT2D eigenvalue weighted by Crippen LogP contribution is 2.39. The zero-order valence-electron chi connectivity index (χ0n) is 13.1. The molecule has 132 valence electrons. The van der Waals surface area contributed by atoms with Crippen LogP contribution in [0.4, 0.5) is 0 Å². The van der Waals surface area contributed by atoms with Gasteiger partial charge in [0.05, 0.1) is 11.1 Å². The van der Waals surface area contributed by atoms with E-state index in [-0.39, 0.29) is 11.1 Å². The molecule has 2 aromatic rings. The van der Waals surface area contributed by atoms with Crippen LogP contribution in [0.15, 0.2) is 34.1 Å². The van der Waals surface area contributed by atoms with Crippen molar-refractivity contribution in [3.8, 4) is 23.0 Å². The maximum atomic E-state index is 12.7. The molecule has 0 unspecified atom stereocenters. The van der Waals surface area contributed by atoms with Crippen molar-refractivity contribution < 1.29 is 38.4 Å². The van der Waals surface area contributed by atoms with E-state index < -0.39 is 54.2 Å². The highest BCUT2D eigenvalue weighted by Gasteiger charge is 2.29. The van der Waals surface area contributed by atoms with Crippen LogP contribution in [0.2, 0.25) is 0 Å². The lowest BCUT2D eigenvalue weighted by atomic mass is 10.1. The predicted molar refractivity (Wildman–Crippen MR) is 85.0 cm³/mol. The molecule has 4 N–H and O–H groups in total. The molecule has 0 aliphatic heterocycles. The van der Waals surface area contributed by atoms with Crippen molar-refractivity contribution in [1.82, 2.24) is 0 Å². The lowest BCUT2D eigenvalue weighted by Crippen LogP contribution is -2.07. The molecule has 0 atom stereocenters. The van der Waals surface area contributed by atoms with Crippen LogP contribution in [0.3, 0.4) is 0 Å². The number of carbonyl (C=O) groups excluding carboxylic acids is 2. The van der Waals surface area contributed by atoms with E-state index in [9.17, 15) is 38.4 Å². The first-order valence-corrected chi connectivity index (χ1v) is 8.34. The number of hydrogen-bond acceptors (Lipinski definition) is 8. The quantitative estimate of drug-likeness (QED) is 0.598. The number of hydrogen-bond donors (Lipinski definition) is 4. The van der Waals surface area contributed by atoms with Gasteiger partial charge in [0.15, 0.2) is 11.6 Å². The summed E-state index contributed by atoms with van der Waals surface area (Å²) in [4.78, 5) is 21.5. The first kappa shape index (κ1) is 18.3. The predicted octanol–water partition coefficient (Wildman–Crippen LogP) is 1.75. The molecule has 2 rings (SSSR count). The fourth-order valence-electron chi connectivity index (χ4n) is 2.23. The molecule has 0 aliphatic carbocycles. The lowest BCUT2D eigenvalue weighted by molar-refractivity contribution is 0.100. The Bertz CT molecular complexity index is 930. The molecule has 0 fully saturated rings. The van der Waals surface area contributed by atoms with Gasteiger partial charge >= 0.3 is 0 Å². The van der Waals surface area contributed by atoms with Crippen LogP contribution in [0, 0.1) is 0 Å². The van der Waals surface area contributed by atoms with E-state index in [4.69, 9.17) is 0 Å². The standard InChI is InChI=1S/C16H14O8S/c1-7(17)9-3-15(13(21)5-11(9)19)25(23,24)16-4-10(8(2)18)12(20)6-14(16)22/h3-6,19-22H,1-2H3. The maximum absolute atomic E-state index is 12.7. The van der Waals surface area contributed by atoms with Crippen LogP contribution < -0.4 is 0 Å². The minimum absolute atomic E-state index is 0.346. The second kappa shape index (κ2) is 6.10. The number of ketones is 2. The van der Waals surface area contributed by atoms with Crippen LogP contribution in [-0.4, -0.2) is 40.4 Å². The highest BCUT2D eigenvalue weighted by molar-refractivity contribution is 7.91. The summed E-state index contributed by atoms with van der Waals surface area (Å²) in [6.07, 6.45) is 0. The fourth-order valence-corrected chi connectivity index (χ4v) is 3.68. The Hall–Kier alpha value is -3.07. The minimum atomic E-state index is -4.57. The molecule has 2 aromatic carbocycles. The van der Waals surface area contributed by atoms with Crippen LogP contribution in [0.25, 0.3) is 0 Å². The van der Waals surface area contributed by atoms with Gasteiger partial charge in [-0.05, 0) is 26.0 Å². The summed E-state index contributed by atoms with van der Waals surface area (Å²) < 4.78 is 25.5. The lowest BCUT2D eigenvalue weighted by Gasteiger charge is -2.12. The molecule has 0 spiro atoms. The van der Waals surface area contributed by atoms with Crippen molar-refractivity contribution in [1.29, 1.82) is 0 Å². The number of Topliss-reactive ketones (excluding diaryl/α,β-unsaturated/α-hetero) is 2. The summed E-state index contributed by atoms with van der Waals surface area (Å²) in [5, 5.41) is 39.0. The first-order valence-electron chi connectivity index (χ1n) is 6.85. The van der Waals surface area contributed by atoms with Crippen LogP contribution in [-0.2, 0) is 9.84 Å². The largest absolute Gasteiger partial charge is 0.507 e. The van der Waals surface area contributed by atoms with E-state index in [1.807, 2.05) is 0 Å². The Morgan fingerprint density at radius 3 is 1.28 bits per heavy atom. The molecule has 0 aromatic heterocycles. The molecule has 0 saturated heterocycles. The summed E-state index contributed by atoms with van der Waals surface area (Å²) in [6.45, 7) is 2.18. The van der Waals surface area contributed by atoms with E-state index >= 15 is 0 Å². The number of carbonyl (C=O) groups is 2. The third-order valence-corrected chi connectivity index (χ3v) is 5.30. The van der Waals surface area contributed by atoms with Gasteiger partial charge in [0.2, 0.25) is 9.84 Å². The number of sulfone groups is 1. The monoisotopic (exact) mass is 366 g/mol. The van der Waals surface area contributed by atoms with Crippen molar-refractivity contribution >= 4 is 21.4 Å². The van der Waals surface area contributed by atoms with Crippen molar-refractivity contribution in [2.45, 2.75) is 23.6 Å². The molecule has 0 saturated carbocycles. The molecular weight excluding hydrogens is 352 g/mol. The topological polar surface area (TPSA) is 149 Å². The number of benzene rings is 2. The van der Waals surface area contributed by atoms with Crippen molar-refractivity contribution in [2.24, 2.45) is 0 Å². The summed E-state index contributed by atoms with van der Waals surface area (Å²) in [5.41, 5.74) is -0.692. The Labute approximate surface area is 142 Å². The van der Waals surface area contributed by atoms with Gasteiger partial charge in [0.25, 0.3) is 0 Å². The zero-order valence-corrected chi connectivity index (χ0v) is 14.0. The minimum Gasteiger partial charge on any atom is -0.507 e. The van der Waals surface area contributed by atoms with Crippen molar-refractivity contribution in [3.05, 3.63) is 35.4 Å². The first-order chi connectivity index (χ1) is 11.5. The van der Waals surface area contributed by atoms with Gasteiger partial charge in [-0.25, -0.2) is 8.42 Å². The van der Waals surface area contributed by atoms with E-state index in [1.165, 1.54) is 0 Å². The molecular formula is C16H14O8S. The molecule has 0 bridgehead atoms. The van der Waals surface area contributed by atoms with E-state index in [1.54, 1.807) is 0 Å². The van der Waals surface area contributed by atoms with E-state index in [2.05, 4.69) is 0 Å². The second-order valence-corrected chi connectivity index (χ2v) is 7.18. The van der Waals surface area contributed by atoms with Gasteiger partial charge in [-0.1, -0.05) is 0 Å². The molecule has 0 radical (unpaired) electrons. The van der Waals surface area contributed by atoms with Gasteiger partial charge in [0, 0.05) is 12.1 Å². The van der Waals surface area contributed by atoms with Crippen LogP contribution >= 0.6 is 0 Å². The zero-order chi connectivity index (χ0) is 19.1. The normalized spacial score (nSPS) is 11.3. The van der Waals surface area contributed by atoms with Crippen molar-refractivity contribution in [2.75, 3.05) is 0 Å².